The summed E-state index contributed by atoms with van der Waals surface area (Å²) in [5, 5.41) is 2.71. The predicted octanol–water partition coefficient (Wildman–Crippen LogP) is 1.88. The third-order valence-electron chi connectivity index (χ3n) is 4.66. The zero-order valence-electron chi connectivity index (χ0n) is 15.3. The van der Waals surface area contributed by atoms with E-state index in [4.69, 9.17) is 4.74 Å². The van der Waals surface area contributed by atoms with Crippen LogP contribution in [0.15, 0.2) is 42.6 Å². The van der Waals surface area contributed by atoms with Crippen molar-refractivity contribution >= 4 is 11.8 Å². The number of benzene rings is 1. The number of amides is 2. The first kappa shape index (κ1) is 18.2. The highest BCUT2D eigenvalue weighted by molar-refractivity contribution is 5.97. The van der Waals surface area contributed by atoms with Crippen molar-refractivity contribution in [2.24, 2.45) is 0 Å². The Morgan fingerprint density at radius 1 is 1.23 bits per heavy atom. The van der Waals surface area contributed by atoms with Crippen LogP contribution in [-0.4, -0.2) is 48.1 Å². The van der Waals surface area contributed by atoms with Gasteiger partial charge < -0.3 is 19.5 Å². The van der Waals surface area contributed by atoms with Gasteiger partial charge in [0.1, 0.15) is 6.42 Å². The molecule has 2 heterocycles. The molecule has 2 aromatic rings. The van der Waals surface area contributed by atoms with Gasteiger partial charge >= 0.3 is 0 Å². The van der Waals surface area contributed by atoms with Crippen molar-refractivity contribution < 1.29 is 14.3 Å². The summed E-state index contributed by atoms with van der Waals surface area (Å²) in [6.07, 6.45) is 1.89. The molecule has 1 aromatic heterocycles. The maximum atomic E-state index is 12.9. The molecular formula is C20H25N3O3. The molecule has 26 heavy (non-hydrogen) atoms. The Hall–Kier alpha value is -2.60. The number of nitrogens with one attached hydrogen (secondary N) is 1. The monoisotopic (exact) mass is 355 g/mol. The number of carbonyl (C=O) groups is 2. The first-order valence-electron chi connectivity index (χ1n) is 8.87. The Labute approximate surface area is 153 Å². The fourth-order valence-corrected chi connectivity index (χ4v) is 3.44. The van der Waals surface area contributed by atoms with Gasteiger partial charge in [0, 0.05) is 38.6 Å². The van der Waals surface area contributed by atoms with Gasteiger partial charge in [-0.25, -0.2) is 0 Å². The molecule has 1 aliphatic heterocycles. The molecule has 0 fully saturated rings. The molecule has 0 bridgehead atoms. The molecular weight excluding hydrogens is 330 g/mol. The van der Waals surface area contributed by atoms with Crippen molar-refractivity contribution in [3.8, 4) is 0 Å². The second kappa shape index (κ2) is 8.19. The van der Waals surface area contributed by atoms with E-state index in [1.54, 1.807) is 7.11 Å². The van der Waals surface area contributed by atoms with Gasteiger partial charge in [-0.3, -0.25) is 9.59 Å². The van der Waals surface area contributed by atoms with E-state index >= 15 is 0 Å². The predicted molar refractivity (Wildman–Crippen MR) is 98.7 cm³/mol. The van der Waals surface area contributed by atoms with Crippen LogP contribution in [0.3, 0.4) is 0 Å². The topological polar surface area (TPSA) is 63.6 Å². The molecule has 0 spiro atoms. The summed E-state index contributed by atoms with van der Waals surface area (Å²) in [5.41, 5.74) is 3.30. The lowest BCUT2D eigenvalue weighted by Crippen LogP contribution is -2.44. The van der Waals surface area contributed by atoms with Gasteiger partial charge in [0.2, 0.25) is 11.8 Å². The molecule has 6 heteroatoms. The van der Waals surface area contributed by atoms with E-state index in [0.29, 0.717) is 19.7 Å². The number of nitrogens with zero attached hydrogens (tertiary/aromatic N) is 2. The first-order valence-corrected chi connectivity index (χ1v) is 8.87. The van der Waals surface area contributed by atoms with Crippen LogP contribution in [0.5, 0.6) is 0 Å². The third-order valence-corrected chi connectivity index (χ3v) is 4.66. The summed E-state index contributed by atoms with van der Waals surface area (Å²) in [6.45, 7) is 4.21. The second-order valence-corrected chi connectivity index (χ2v) is 6.55. The van der Waals surface area contributed by atoms with Gasteiger partial charge in [0.25, 0.3) is 0 Å². The number of hydrogen-bond acceptors (Lipinski definition) is 3. The van der Waals surface area contributed by atoms with Crippen molar-refractivity contribution in [3.05, 3.63) is 59.4 Å². The lowest BCUT2D eigenvalue weighted by Gasteiger charge is -2.37. The van der Waals surface area contributed by atoms with E-state index in [2.05, 4.69) is 16.0 Å². The Morgan fingerprint density at radius 2 is 2.08 bits per heavy atom. The summed E-state index contributed by atoms with van der Waals surface area (Å²) >= 11 is 0. The van der Waals surface area contributed by atoms with Gasteiger partial charge in [0.05, 0.1) is 12.6 Å². The Balaban J connectivity index is 1.81. The molecule has 1 unspecified atom stereocenters. The summed E-state index contributed by atoms with van der Waals surface area (Å²) in [6, 6.07) is 12.1. The lowest BCUT2D eigenvalue weighted by molar-refractivity contribution is -0.138. The summed E-state index contributed by atoms with van der Waals surface area (Å²) in [7, 11) is 1.58. The standard InChI is InChI=1S/C20H25N3O3/c1-15-5-3-6-16(13-15)20-17-7-4-9-22(17)10-11-23(20)19(25)14-18(24)21-8-12-26-2/h3-7,9,13,20H,8,10-12,14H2,1-2H3,(H,21,24). The fraction of sp³-hybridized carbons (Fsp3) is 0.400. The van der Waals surface area contributed by atoms with Crippen LogP contribution in [0.4, 0.5) is 0 Å². The normalized spacial score (nSPS) is 16.2. The molecule has 1 aromatic carbocycles. The summed E-state index contributed by atoms with van der Waals surface area (Å²) in [5.74, 6) is -0.421. The molecule has 1 atom stereocenters. The number of aryl methyl sites for hydroxylation is 1. The quantitative estimate of drug-likeness (QED) is 0.636. The van der Waals surface area contributed by atoms with Crippen LogP contribution in [0.1, 0.15) is 29.3 Å². The highest BCUT2D eigenvalue weighted by Crippen LogP contribution is 2.33. The smallest absolute Gasteiger partial charge is 0.232 e. The Kier molecular flexibility index (Phi) is 5.73. The molecule has 1 aliphatic rings. The minimum atomic E-state index is -0.268. The van der Waals surface area contributed by atoms with Gasteiger partial charge in [-0.15, -0.1) is 0 Å². The minimum absolute atomic E-state index is 0.146. The maximum Gasteiger partial charge on any atom is 0.232 e. The fourth-order valence-electron chi connectivity index (χ4n) is 3.44. The molecule has 0 saturated heterocycles. The molecule has 0 aliphatic carbocycles. The van der Waals surface area contributed by atoms with Gasteiger partial charge in [-0.2, -0.15) is 0 Å². The van der Waals surface area contributed by atoms with Crippen molar-refractivity contribution in [1.29, 1.82) is 0 Å². The summed E-state index contributed by atoms with van der Waals surface area (Å²) in [4.78, 5) is 26.7. The number of ether oxygens (including phenoxy) is 1. The Morgan fingerprint density at radius 3 is 2.85 bits per heavy atom. The summed E-state index contributed by atoms with van der Waals surface area (Å²) < 4.78 is 7.09. The van der Waals surface area contributed by atoms with E-state index in [9.17, 15) is 9.59 Å². The van der Waals surface area contributed by atoms with Crippen molar-refractivity contribution in [3.63, 3.8) is 0 Å². The largest absolute Gasteiger partial charge is 0.383 e. The lowest BCUT2D eigenvalue weighted by atomic mass is 9.98. The number of carbonyl (C=O) groups excluding carboxylic acids is 2. The molecule has 2 amide bonds. The number of methoxy groups -OCH3 is 1. The number of rotatable bonds is 6. The zero-order chi connectivity index (χ0) is 18.5. The second-order valence-electron chi connectivity index (χ2n) is 6.55. The van der Waals surface area contributed by atoms with Crippen LogP contribution < -0.4 is 5.32 Å². The van der Waals surface area contributed by atoms with Crippen LogP contribution in [0.25, 0.3) is 0 Å². The van der Waals surface area contributed by atoms with Crippen molar-refractivity contribution in [1.82, 2.24) is 14.8 Å². The average Bonchev–Trinajstić information content (AvgIpc) is 3.09. The molecule has 3 rings (SSSR count). The highest BCUT2D eigenvalue weighted by Gasteiger charge is 2.32. The number of fused-ring (bicyclic) bond motifs is 1. The van der Waals surface area contributed by atoms with Crippen LogP contribution >= 0.6 is 0 Å². The Bertz CT molecular complexity index is 784. The molecule has 0 radical (unpaired) electrons. The number of hydrogen-bond donors (Lipinski definition) is 1. The van der Waals surface area contributed by atoms with E-state index in [-0.39, 0.29) is 24.3 Å². The van der Waals surface area contributed by atoms with E-state index in [0.717, 1.165) is 23.4 Å². The van der Waals surface area contributed by atoms with Crippen LogP contribution in [0, 0.1) is 6.92 Å². The molecule has 138 valence electrons. The number of aromatic nitrogens is 1. The van der Waals surface area contributed by atoms with Crippen molar-refractivity contribution in [2.45, 2.75) is 25.9 Å². The SMILES string of the molecule is COCCNC(=O)CC(=O)N1CCn2cccc2C1c1cccc(C)c1. The first-order chi connectivity index (χ1) is 12.6. The molecule has 1 N–H and O–H groups in total. The zero-order valence-corrected chi connectivity index (χ0v) is 15.3. The average molecular weight is 355 g/mol. The van der Waals surface area contributed by atoms with E-state index in [1.807, 2.05) is 48.4 Å². The van der Waals surface area contributed by atoms with Crippen LogP contribution in [0.2, 0.25) is 0 Å². The van der Waals surface area contributed by atoms with Crippen LogP contribution in [-0.2, 0) is 20.9 Å². The van der Waals surface area contributed by atoms with E-state index < -0.39 is 0 Å². The molecule has 6 nitrogen and oxygen atoms in total. The minimum Gasteiger partial charge on any atom is -0.383 e. The third kappa shape index (κ3) is 3.96. The van der Waals surface area contributed by atoms with Gasteiger partial charge in [-0.1, -0.05) is 29.8 Å². The highest BCUT2D eigenvalue weighted by atomic mass is 16.5. The van der Waals surface area contributed by atoms with E-state index in [1.165, 1.54) is 0 Å². The molecule has 0 saturated carbocycles. The maximum absolute atomic E-state index is 12.9. The van der Waals surface area contributed by atoms with Crippen molar-refractivity contribution in [2.75, 3.05) is 26.8 Å². The van der Waals surface area contributed by atoms with Gasteiger partial charge in [0.15, 0.2) is 0 Å². The van der Waals surface area contributed by atoms with Gasteiger partial charge in [-0.05, 0) is 24.6 Å².